The summed E-state index contributed by atoms with van der Waals surface area (Å²) in [6, 6.07) is 0.138. The largest absolute Gasteiger partial charge is 0.347 e. The molecule has 0 aliphatic heterocycles. The third kappa shape index (κ3) is 8.97. The van der Waals surface area contributed by atoms with Crippen LogP contribution in [0.15, 0.2) is 0 Å². The van der Waals surface area contributed by atoms with E-state index in [0.29, 0.717) is 12.4 Å². The van der Waals surface area contributed by atoms with Gasteiger partial charge in [0.25, 0.3) is 0 Å². The highest BCUT2D eigenvalue weighted by molar-refractivity contribution is 6.35. The minimum Gasteiger partial charge on any atom is -0.347 e. The van der Waals surface area contributed by atoms with E-state index in [2.05, 4.69) is 10.6 Å². The molecule has 0 atom stereocenters. The summed E-state index contributed by atoms with van der Waals surface area (Å²) < 4.78 is 0. The molecule has 2 amide bonds. The second kappa shape index (κ2) is 11.8. The molecular weight excluding hydrogens is 288 g/mol. The maximum Gasteiger partial charge on any atom is 0.309 e. The molecular formula is C16H29ClN2O2. The molecule has 1 fully saturated rings. The van der Waals surface area contributed by atoms with Crippen LogP contribution in [0.1, 0.15) is 70.6 Å². The van der Waals surface area contributed by atoms with Crippen molar-refractivity contribution in [3.05, 3.63) is 0 Å². The van der Waals surface area contributed by atoms with Crippen molar-refractivity contribution < 1.29 is 9.59 Å². The maximum atomic E-state index is 11.8. The average Bonchev–Trinajstić information content (AvgIpc) is 2.47. The lowest BCUT2D eigenvalue weighted by atomic mass is 9.98. The molecule has 0 radical (unpaired) electrons. The fourth-order valence-electron chi connectivity index (χ4n) is 2.80. The van der Waals surface area contributed by atoms with Crippen LogP contribution in [0.5, 0.6) is 0 Å². The molecule has 1 aliphatic carbocycles. The molecule has 21 heavy (non-hydrogen) atoms. The second-order valence-electron chi connectivity index (χ2n) is 5.87. The summed E-state index contributed by atoms with van der Waals surface area (Å²) in [5.41, 5.74) is 0. The maximum absolute atomic E-state index is 11.8. The lowest BCUT2D eigenvalue weighted by Crippen LogP contribution is -2.45. The molecule has 1 saturated carbocycles. The Balaban J connectivity index is 2.36. The number of halogens is 1. The number of amides is 2. The lowest BCUT2D eigenvalue weighted by molar-refractivity contribution is -0.139. The third-order valence-corrected chi connectivity index (χ3v) is 4.22. The van der Waals surface area contributed by atoms with Crippen LogP contribution in [0.2, 0.25) is 0 Å². The normalized spacial score (nSPS) is 19.1. The first-order valence-electron chi connectivity index (χ1n) is 8.38. The summed E-state index contributed by atoms with van der Waals surface area (Å²) in [4.78, 5) is 23.4. The van der Waals surface area contributed by atoms with Crippen molar-refractivity contribution in [1.82, 2.24) is 10.6 Å². The molecule has 0 bridgehead atoms. The Bertz CT molecular complexity index is 299. The van der Waals surface area contributed by atoms with Gasteiger partial charge in [0.1, 0.15) is 0 Å². The second-order valence-corrected chi connectivity index (χ2v) is 6.25. The smallest absolute Gasteiger partial charge is 0.309 e. The van der Waals surface area contributed by atoms with Crippen LogP contribution >= 0.6 is 11.6 Å². The van der Waals surface area contributed by atoms with Gasteiger partial charge in [-0.25, -0.2) is 0 Å². The zero-order valence-corrected chi connectivity index (χ0v) is 13.7. The average molecular weight is 317 g/mol. The number of alkyl halides is 1. The predicted molar refractivity (Wildman–Crippen MR) is 86.4 cm³/mol. The highest BCUT2D eigenvalue weighted by Gasteiger charge is 2.18. The third-order valence-electron chi connectivity index (χ3n) is 4.03. The zero-order chi connectivity index (χ0) is 15.3. The first kappa shape index (κ1) is 18.3. The van der Waals surface area contributed by atoms with Crippen LogP contribution in [0.4, 0.5) is 0 Å². The topological polar surface area (TPSA) is 58.2 Å². The van der Waals surface area contributed by atoms with Gasteiger partial charge < -0.3 is 10.6 Å². The number of rotatable bonds is 3. The minimum absolute atomic E-state index is 0.138. The lowest BCUT2D eigenvalue weighted by Gasteiger charge is -2.19. The Labute approximate surface area is 133 Å². The molecule has 2 N–H and O–H groups in total. The van der Waals surface area contributed by atoms with Crippen LogP contribution in [-0.2, 0) is 9.59 Å². The van der Waals surface area contributed by atoms with Gasteiger partial charge >= 0.3 is 11.8 Å². The zero-order valence-electron chi connectivity index (χ0n) is 13.0. The minimum atomic E-state index is -0.568. The van der Waals surface area contributed by atoms with E-state index < -0.39 is 11.8 Å². The number of carbonyl (C=O) groups is 2. The van der Waals surface area contributed by atoms with Crippen molar-refractivity contribution in [2.75, 3.05) is 12.4 Å². The van der Waals surface area contributed by atoms with E-state index in [0.717, 1.165) is 25.7 Å². The van der Waals surface area contributed by atoms with E-state index in [4.69, 9.17) is 11.6 Å². The van der Waals surface area contributed by atoms with E-state index in [9.17, 15) is 9.59 Å². The molecule has 122 valence electrons. The summed E-state index contributed by atoms with van der Waals surface area (Å²) in [6.45, 7) is 0.332. The quantitative estimate of drug-likeness (QED) is 0.621. The highest BCUT2D eigenvalue weighted by Crippen LogP contribution is 2.16. The number of hydrogen-bond acceptors (Lipinski definition) is 2. The monoisotopic (exact) mass is 316 g/mol. The van der Waals surface area contributed by atoms with Crippen molar-refractivity contribution >= 4 is 23.4 Å². The molecule has 0 spiro atoms. The number of hydrogen-bond donors (Lipinski definition) is 2. The Hall–Kier alpha value is -0.770. The molecule has 0 heterocycles. The van der Waals surface area contributed by atoms with Crippen LogP contribution in [0.25, 0.3) is 0 Å². The van der Waals surface area contributed by atoms with Gasteiger partial charge in [-0.05, 0) is 12.8 Å². The summed E-state index contributed by atoms with van der Waals surface area (Å²) in [6.07, 6.45) is 13.3. The van der Waals surface area contributed by atoms with Crippen molar-refractivity contribution in [2.24, 2.45) is 0 Å². The van der Waals surface area contributed by atoms with Crippen LogP contribution in [0.3, 0.4) is 0 Å². The van der Waals surface area contributed by atoms with Gasteiger partial charge in [0.05, 0.1) is 0 Å². The fraction of sp³-hybridized carbons (Fsp3) is 0.875. The fourth-order valence-corrected chi connectivity index (χ4v) is 2.89. The number of nitrogens with one attached hydrogen (secondary N) is 2. The van der Waals surface area contributed by atoms with Crippen molar-refractivity contribution in [2.45, 2.75) is 76.7 Å². The van der Waals surface area contributed by atoms with E-state index >= 15 is 0 Å². The van der Waals surface area contributed by atoms with Gasteiger partial charge in [-0.2, -0.15) is 0 Å². The predicted octanol–water partition coefficient (Wildman–Crippen LogP) is 3.13. The first-order chi connectivity index (χ1) is 10.2. The van der Waals surface area contributed by atoms with E-state index in [1.165, 1.54) is 44.9 Å². The van der Waals surface area contributed by atoms with E-state index in [-0.39, 0.29) is 6.04 Å². The highest BCUT2D eigenvalue weighted by atomic mass is 35.5. The van der Waals surface area contributed by atoms with Crippen molar-refractivity contribution in [1.29, 1.82) is 0 Å². The van der Waals surface area contributed by atoms with Crippen LogP contribution < -0.4 is 10.6 Å². The molecule has 0 aromatic rings. The van der Waals surface area contributed by atoms with Gasteiger partial charge in [-0.3, -0.25) is 9.59 Å². The molecule has 4 nitrogen and oxygen atoms in total. The van der Waals surface area contributed by atoms with Crippen LogP contribution in [-0.4, -0.2) is 30.3 Å². The van der Waals surface area contributed by atoms with E-state index in [1.807, 2.05) is 0 Å². The Morgan fingerprint density at radius 1 is 0.810 bits per heavy atom. The molecule has 1 rings (SSSR count). The Morgan fingerprint density at radius 3 is 1.76 bits per heavy atom. The molecule has 5 heteroatoms. The van der Waals surface area contributed by atoms with Gasteiger partial charge in [0, 0.05) is 18.5 Å². The van der Waals surface area contributed by atoms with Gasteiger partial charge in [-0.1, -0.05) is 57.8 Å². The Morgan fingerprint density at radius 2 is 1.29 bits per heavy atom. The van der Waals surface area contributed by atoms with Crippen molar-refractivity contribution in [3.63, 3.8) is 0 Å². The molecule has 1 aliphatic rings. The summed E-state index contributed by atoms with van der Waals surface area (Å²) >= 11 is 5.50. The van der Waals surface area contributed by atoms with Crippen molar-refractivity contribution in [3.8, 4) is 0 Å². The Kier molecular flexibility index (Phi) is 10.3. The van der Waals surface area contributed by atoms with Gasteiger partial charge in [-0.15, -0.1) is 11.6 Å². The standard InChI is InChI=1S/C16H29ClN2O2/c17-12-13-18-15(20)16(21)19-14-10-8-6-4-2-1-3-5-7-9-11-14/h14H,1-13H2,(H,18,20)(H,19,21). The van der Waals surface area contributed by atoms with E-state index in [1.54, 1.807) is 0 Å². The number of carbonyl (C=O) groups excluding carboxylic acids is 2. The summed E-state index contributed by atoms with van der Waals surface area (Å²) in [5.74, 6) is -0.762. The molecule has 0 aromatic carbocycles. The SMILES string of the molecule is O=C(NCCCl)C(=O)NC1CCCCCCCCCCC1. The van der Waals surface area contributed by atoms with Gasteiger partial charge in [0.2, 0.25) is 0 Å². The molecule has 0 unspecified atom stereocenters. The summed E-state index contributed by atoms with van der Waals surface area (Å²) in [7, 11) is 0. The summed E-state index contributed by atoms with van der Waals surface area (Å²) in [5, 5.41) is 5.39. The molecule has 0 saturated heterocycles. The molecule has 0 aromatic heterocycles. The first-order valence-corrected chi connectivity index (χ1v) is 8.92. The van der Waals surface area contributed by atoms with Gasteiger partial charge in [0.15, 0.2) is 0 Å². The van der Waals surface area contributed by atoms with Crippen LogP contribution in [0, 0.1) is 0 Å².